The number of carbonyl (C=O) groups is 1. The van der Waals surface area contributed by atoms with Gasteiger partial charge in [0.25, 0.3) is 0 Å². The molecule has 1 atom stereocenters. The molecular formula is C20H25NOS. The van der Waals surface area contributed by atoms with Crippen molar-refractivity contribution in [3.05, 3.63) is 70.8 Å². The molecule has 122 valence electrons. The Morgan fingerprint density at radius 2 is 1.83 bits per heavy atom. The second kappa shape index (κ2) is 8.78. The molecule has 0 saturated heterocycles. The molecule has 23 heavy (non-hydrogen) atoms. The molecule has 2 aromatic rings. The van der Waals surface area contributed by atoms with Crippen molar-refractivity contribution in [2.45, 2.75) is 39.0 Å². The van der Waals surface area contributed by atoms with Crippen LogP contribution in [0.1, 0.15) is 42.1 Å². The average molecular weight is 327 g/mol. The molecule has 2 aromatic carbocycles. The Bertz CT molecular complexity index is 636. The number of nitrogens with one attached hydrogen (secondary N) is 1. The molecule has 0 aliphatic heterocycles. The molecule has 1 N–H and O–H groups in total. The van der Waals surface area contributed by atoms with Crippen LogP contribution in [0, 0.1) is 6.92 Å². The van der Waals surface area contributed by atoms with Gasteiger partial charge in [0, 0.05) is 5.75 Å². The summed E-state index contributed by atoms with van der Waals surface area (Å²) < 4.78 is 0. The highest BCUT2D eigenvalue weighted by Crippen LogP contribution is 2.17. The fourth-order valence-corrected chi connectivity index (χ4v) is 3.35. The maximum atomic E-state index is 12.1. The Hall–Kier alpha value is -1.74. The summed E-state index contributed by atoms with van der Waals surface area (Å²) in [5.41, 5.74) is 5.05. The van der Waals surface area contributed by atoms with Crippen LogP contribution in [-0.2, 0) is 17.0 Å². The quantitative estimate of drug-likeness (QED) is 0.801. The van der Waals surface area contributed by atoms with E-state index in [9.17, 15) is 4.79 Å². The first-order valence-electron chi connectivity index (χ1n) is 8.10. The second-order valence-electron chi connectivity index (χ2n) is 5.80. The van der Waals surface area contributed by atoms with E-state index < -0.39 is 0 Å². The smallest absolute Gasteiger partial charge is 0.230 e. The number of rotatable bonds is 7. The number of hydrogen-bond donors (Lipinski definition) is 1. The van der Waals surface area contributed by atoms with Gasteiger partial charge < -0.3 is 5.32 Å². The highest BCUT2D eigenvalue weighted by molar-refractivity contribution is 7.99. The van der Waals surface area contributed by atoms with Crippen molar-refractivity contribution < 1.29 is 4.79 Å². The van der Waals surface area contributed by atoms with E-state index in [1.165, 1.54) is 16.7 Å². The van der Waals surface area contributed by atoms with E-state index in [-0.39, 0.29) is 11.9 Å². The van der Waals surface area contributed by atoms with Crippen LogP contribution in [0.3, 0.4) is 0 Å². The van der Waals surface area contributed by atoms with Gasteiger partial charge in [-0.3, -0.25) is 4.79 Å². The molecule has 0 aliphatic rings. The molecular weight excluding hydrogens is 302 g/mol. The van der Waals surface area contributed by atoms with E-state index in [2.05, 4.69) is 55.6 Å². The van der Waals surface area contributed by atoms with Crippen LogP contribution in [0.2, 0.25) is 0 Å². The van der Waals surface area contributed by atoms with Gasteiger partial charge in [0.05, 0.1) is 11.8 Å². The average Bonchev–Trinajstić information content (AvgIpc) is 2.56. The fourth-order valence-electron chi connectivity index (χ4n) is 2.43. The summed E-state index contributed by atoms with van der Waals surface area (Å²) in [7, 11) is 0. The first-order valence-corrected chi connectivity index (χ1v) is 9.26. The van der Waals surface area contributed by atoms with Crippen LogP contribution in [0.15, 0.2) is 48.5 Å². The Kier molecular flexibility index (Phi) is 6.72. The minimum Gasteiger partial charge on any atom is -0.349 e. The van der Waals surface area contributed by atoms with Gasteiger partial charge in [-0.25, -0.2) is 0 Å². The minimum absolute atomic E-state index is 0.0486. The van der Waals surface area contributed by atoms with Crippen molar-refractivity contribution in [2.24, 2.45) is 0 Å². The Morgan fingerprint density at radius 3 is 2.48 bits per heavy atom. The third kappa shape index (κ3) is 5.43. The third-order valence-corrected chi connectivity index (χ3v) is 5.00. The summed E-state index contributed by atoms with van der Waals surface area (Å²) in [6, 6.07) is 16.8. The molecule has 1 amide bonds. The molecule has 0 bridgehead atoms. The predicted molar refractivity (Wildman–Crippen MR) is 99.7 cm³/mol. The summed E-state index contributed by atoms with van der Waals surface area (Å²) in [4.78, 5) is 12.1. The molecule has 0 spiro atoms. The first-order chi connectivity index (χ1) is 11.1. The van der Waals surface area contributed by atoms with Gasteiger partial charge in [0.2, 0.25) is 5.91 Å². The van der Waals surface area contributed by atoms with Gasteiger partial charge in [0.1, 0.15) is 0 Å². The number of benzene rings is 2. The van der Waals surface area contributed by atoms with Crippen LogP contribution in [0.25, 0.3) is 0 Å². The maximum Gasteiger partial charge on any atom is 0.230 e. The number of hydrogen-bond acceptors (Lipinski definition) is 2. The zero-order valence-corrected chi connectivity index (χ0v) is 15.0. The Balaban J connectivity index is 1.78. The lowest BCUT2D eigenvalue weighted by atomic mass is 10.1. The predicted octanol–water partition coefficient (Wildman–Crippen LogP) is 4.67. The molecule has 0 fully saturated rings. The Morgan fingerprint density at radius 1 is 1.13 bits per heavy atom. The normalized spacial score (nSPS) is 12.0. The van der Waals surface area contributed by atoms with Crippen molar-refractivity contribution >= 4 is 17.7 Å². The van der Waals surface area contributed by atoms with Crippen molar-refractivity contribution in [3.63, 3.8) is 0 Å². The van der Waals surface area contributed by atoms with Crippen LogP contribution in [0.5, 0.6) is 0 Å². The fraction of sp³-hybridized carbons (Fsp3) is 0.350. The molecule has 0 aliphatic carbocycles. The van der Waals surface area contributed by atoms with Gasteiger partial charge in [0.15, 0.2) is 0 Å². The molecule has 2 rings (SSSR count). The number of thioether (sulfide) groups is 1. The maximum absolute atomic E-state index is 12.1. The lowest BCUT2D eigenvalue weighted by Crippen LogP contribution is -2.28. The summed E-state index contributed by atoms with van der Waals surface area (Å²) in [6.45, 7) is 6.29. The Labute approximate surface area is 143 Å². The summed E-state index contributed by atoms with van der Waals surface area (Å²) in [6.07, 6.45) is 1.04. The van der Waals surface area contributed by atoms with Gasteiger partial charge >= 0.3 is 0 Å². The molecule has 0 saturated carbocycles. The summed E-state index contributed by atoms with van der Waals surface area (Å²) in [5.74, 6) is 1.46. The van der Waals surface area contributed by atoms with E-state index in [4.69, 9.17) is 0 Å². The highest BCUT2D eigenvalue weighted by atomic mass is 32.2. The van der Waals surface area contributed by atoms with Crippen LogP contribution < -0.4 is 5.32 Å². The van der Waals surface area contributed by atoms with E-state index in [1.54, 1.807) is 11.8 Å². The number of carbonyl (C=O) groups excluding carboxylic acids is 1. The van der Waals surface area contributed by atoms with Crippen molar-refractivity contribution in [3.8, 4) is 0 Å². The standard InChI is InChI=1S/C20H25NOS/c1-4-17-9-11-18(12-10-17)16(3)21-20(22)14-23-13-19-8-6-5-7-15(19)2/h5-12,16H,4,13-14H2,1-3H3,(H,21,22)/t16-/m1/s1. The molecule has 0 aromatic heterocycles. The lowest BCUT2D eigenvalue weighted by Gasteiger charge is -2.15. The van der Waals surface area contributed by atoms with Gasteiger partial charge in [-0.1, -0.05) is 55.5 Å². The SMILES string of the molecule is CCc1ccc([C@@H](C)NC(=O)CSCc2ccccc2C)cc1. The topological polar surface area (TPSA) is 29.1 Å². The highest BCUT2D eigenvalue weighted by Gasteiger charge is 2.09. The third-order valence-electron chi connectivity index (χ3n) is 4.02. The molecule has 0 radical (unpaired) electrons. The second-order valence-corrected chi connectivity index (χ2v) is 6.79. The van der Waals surface area contributed by atoms with Crippen molar-refractivity contribution in [2.75, 3.05) is 5.75 Å². The lowest BCUT2D eigenvalue weighted by molar-refractivity contribution is -0.119. The van der Waals surface area contributed by atoms with E-state index in [0.717, 1.165) is 17.7 Å². The van der Waals surface area contributed by atoms with Crippen molar-refractivity contribution in [1.82, 2.24) is 5.32 Å². The van der Waals surface area contributed by atoms with Crippen LogP contribution >= 0.6 is 11.8 Å². The molecule has 0 unspecified atom stereocenters. The monoisotopic (exact) mass is 327 g/mol. The van der Waals surface area contributed by atoms with Crippen LogP contribution in [-0.4, -0.2) is 11.7 Å². The van der Waals surface area contributed by atoms with Gasteiger partial charge in [-0.2, -0.15) is 0 Å². The number of aryl methyl sites for hydroxylation is 2. The van der Waals surface area contributed by atoms with Gasteiger partial charge in [-0.05, 0) is 42.5 Å². The zero-order valence-electron chi connectivity index (χ0n) is 14.1. The van der Waals surface area contributed by atoms with E-state index in [0.29, 0.717) is 5.75 Å². The number of amides is 1. The summed E-state index contributed by atoms with van der Waals surface area (Å²) in [5, 5.41) is 3.07. The molecule has 0 heterocycles. The largest absolute Gasteiger partial charge is 0.349 e. The molecule has 3 heteroatoms. The van der Waals surface area contributed by atoms with Crippen LogP contribution in [0.4, 0.5) is 0 Å². The minimum atomic E-state index is 0.0486. The molecule has 2 nitrogen and oxygen atoms in total. The summed E-state index contributed by atoms with van der Waals surface area (Å²) >= 11 is 1.66. The van der Waals surface area contributed by atoms with E-state index in [1.807, 2.05) is 19.1 Å². The van der Waals surface area contributed by atoms with E-state index >= 15 is 0 Å². The zero-order chi connectivity index (χ0) is 16.7. The van der Waals surface area contributed by atoms with Crippen molar-refractivity contribution in [1.29, 1.82) is 0 Å². The van der Waals surface area contributed by atoms with Gasteiger partial charge in [-0.15, -0.1) is 11.8 Å². The first kappa shape index (κ1) is 17.6.